The van der Waals surface area contributed by atoms with Crippen LogP contribution in [0, 0.1) is 10.1 Å². The molecule has 0 bridgehead atoms. The average Bonchev–Trinajstić information content (AvgIpc) is 2.66. The Kier molecular flexibility index (Phi) is 5.30. The largest absolute Gasteiger partial charge is 0.480 e. The molecule has 7 heteroatoms. The van der Waals surface area contributed by atoms with Crippen LogP contribution >= 0.6 is 15.9 Å². The van der Waals surface area contributed by atoms with E-state index in [2.05, 4.69) is 15.9 Å². The van der Waals surface area contributed by atoms with Gasteiger partial charge in [0.05, 0.1) is 4.92 Å². The standard InChI is InChI=1S/C14H17BrN2O4/c15-12-8-11(17(20)21)6-5-10(12)9-16-7-3-1-2-4-13(16)14(18)19/h5-6,8,13H,1-4,7,9H2,(H,18,19). The second-order valence-electron chi connectivity index (χ2n) is 5.21. The van der Waals surface area contributed by atoms with Crippen molar-refractivity contribution < 1.29 is 14.8 Å². The molecule has 0 radical (unpaired) electrons. The number of nitrogens with zero attached hydrogens (tertiary/aromatic N) is 2. The van der Waals surface area contributed by atoms with E-state index in [-0.39, 0.29) is 5.69 Å². The second kappa shape index (κ2) is 7.00. The third-order valence-electron chi connectivity index (χ3n) is 3.77. The number of benzene rings is 1. The number of carbonyl (C=O) groups is 1. The average molecular weight is 357 g/mol. The molecule has 0 saturated carbocycles. The lowest BCUT2D eigenvalue weighted by molar-refractivity contribution is -0.384. The summed E-state index contributed by atoms with van der Waals surface area (Å²) in [5, 5.41) is 20.1. The first-order valence-electron chi connectivity index (χ1n) is 6.88. The lowest BCUT2D eigenvalue weighted by atomic mass is 10.1. The van der Waals surface area contributed by atoms with E-state index in [0.29, 0.717) is 17.4 Å². The van der Waals surface area contributed by atoms with Crippen LogP contribution in [0.5, 0.6) is 0 Å². The number of aliphatic carboxylic acids is 1. The molecule has 2 rings (SSSR count). The molecular formula is C14H17BrN2O4. The van der Waals surface area contributed by atoms with Crippen LogP contribution < -0.4 is 0 Å². The highest BCUT2D eigenvalue weighted by Gasteiger charge is 2.27. The Morgan fingerprint density at radius 2 is 2.19 bits per heavy atom. The number of halogens is 1. The van der Waals surface area contributed by atoms with Crippen molar-refractivity contribution in [2.75, 3.05) is 6.54 Å². The van der Waals surface area contributed by atoms with Crippen molar-refractivity contribution in [2.45, 2.75) is 38.3 Å². The molecule has 1 saturated heterocycles. The number of nitro groups is 1. The fourth-order valence-corrected chi connectivity index (χ4v) is 3.13. The molecule has 6 nitrogen and oxygen atoms in total. The molecule has 0 spiro atoms. The SMILES string of the molecule is O=C(O)C1CCCCCN1Cc1ccc([N+](=O)[O-])cc1Br. The minimum Gasteiger partial charge on any atom is -0.480 e. The van der Waals surface area contributed by atoms with Crippen molar-refractivity contribution in [3.05, 3.63) is 38.3 Å². The lowest BCUT2D eigenvalue weighted by Gasteiger charge is -2.27. The molecule has 1 aliphatic rings. The van der Waals surface area contributed by atoms with Crippen LogP contribution in [-0.4, -0.2) is 33.5 Å². The fourth-order valence-electron chi connectivity index (χ4n) is 2.63. The first-order valence-corrected chi connectivity index (χ1v) is 7.68. The van der Waals surface area contributed by atoms with Crippen molar-refractivity contribution >= 4 is 27.6 Å². The van der Waals surface area contributed by atoms with Crippen molar-refractivity contribution in [3.63, 3.8) is 0 Å². The molecule has 0 amide bonds. The van der Waals surface area contributed by atoms with Gasteiger partial charge in [-0.05, 0) is 31.0 Å². The third kappa shape index (κ3) is 4.01. The molecule has 0 aliphatic carbocycles. The van der Waals surface area contributed by atoms with E-state index in [1.54, 1.807) is 6.07 Å². The highest BCUT2D eigenvalue weighted by Crippen LogP contribution is 2.26. The summed E-state index contributed by atoms with van der Waals surface area (Å²) in [5.41, 5.74) is 0.894. The van der Waals surface area contributed by atoms with Gasteiger partial charge in [0.1, 0.15) is 6.04 Å². The summed E-state index contributed by atoms with van der Waals surface area (Å²) in [5.74, 6) is -0.796. The second-order valence-corrected chi connectivity index (χ2v) is 6.06. The van der Waals surface area contributed by atoms with E-state index >= 15 is 0 Å². The van der Waals surface area contributed by atoms with E-state index < -0.39 is 16.9 Å². The topological polar surface area (TPSA) is 83.7 Å². The number of nitro benzene ring substituents is 1. The molecule has 1 aliphatic heterocycles. The predicted octanol–water partition coefficient (Wildman–Crippen LogP) is 3.19. The molecule has 1 atom stereocenters. The summed E-state index contributed by atoms with van der Waals surface area (Å²) in [7, 11) is 0. The first kappa shape index (κ1) is 15.9. The van der Waals surface area contributed by atoms with Crippen LogP contribution in [0.3, 0.4) is 0 Å². The van der Waals surface area contributed by atoms with Gasteiger partial charge >= 0.3 is 5.97 Å². The Balaban J connectivity index is 2.18. The molecule has 114 valence electrons. The van der Waals surface area contributed by atoms with Gasteiger partial charge in [0, 0.05) is 23.2 Å². The predicted molar refractivity (Wildman–Crippen MR) is 81.1 cm³/mol. The fraction of sp³-hybridized carbons (Fsp3) is 0.500. The Hall–Kier alpha value is -1.47. The smallest absolute Gasteiger partial charge is 0.320 e. The number of rotatable bonds is 4. The zero-order chi connectivity index (χ0) is 15.4. The van der Waals surface area contributed by atoms with Gasteiger partial charge in [-0.2, -0.15) is 0 Å². The molecule has 1 heterocycles. The normalized spacial score (nSPS) is 20.0. The maximum atomic E-state index is 11.4. The van der Waals surface area contributed by atoms with Crippen LogP contribution in [0.25, 0.3) is 0 Å². The molecule has 21 heavy (non-hydrogen) atoms. The molecule has 1 aromatic carbocycles. The van der Waals surface area contributed by atoms with Gasteiger partial charge < -0.3 is 5.11 Å². The zero-order valence-electron chi connectivity index (χ0n) is 11.5. The third-order valence-corrected chi connectivity index (χ3v) is 4.51. The van der Waals surface area contributed by atoms with Gasteiger partial charge in [-0.3, -0.25) is 19.8 Å². The zero-order valence-corrected chi connectivity index (χ0v) is 13.1. The Bertz CT molecular complexity index is 550. The monoisotopic (exact) mass is 356 g/mol. The highest BCUT2D eigenvalue weighted by molar-refractivity contribution is 9.10. The number of carboxylic acids is 1. The van der Waals surface area contributed by atoms with Crippen molar-refractivity contribution in [3.8, 4) is 0 Å². The summed E-state index contributed by atoms with van der Waals surface area (Å²) < 4.78 is 0.644. The van der Waals surface area contributed by atoms with E-state index in [9.17, 15) is 20.0 Å². The maximum absolute atomic E-state index is 11.4. The Morgan fingerprint density at radius 3 is 2.81 bits per heavy atom. The van der Waals surface area contributed by atoms with Gasteiger partial charge in [0.2, 0.25) is 0 Å². The van der Waals surface area contributed by atoms with E-state index in [1.165, 1.54) is 12.1 Å². The van der Waals surface area contributed by atoms with Crippen LogP contribution in [0.2, 0.25) is 0 Å². The number of hydrogen-bond donors (Lipinski definition) is 1. The number of likely N-dealkylation sites (tertiary alicyclic amines) is 1. The maximum Gasteiger partial charge on any atom is 0.320 e. The van der Waals surface area contributed by atoms with Crippen molar-refractivity contribution in [2.24, 2.45) is 0 Å². The number of non-ortho nitro benzene ring substituents is 1. The highest BCUT2D eigenvalue weighted by atomic mass is 79.9. The summed E-state index contributed by atoms with van der Waals surface area (Å²) in [4.78, 5) is 23.6. The lowest BCUT2D eigenvalue weighted by Crippen LogP contribution is -2.40. The van der Waals surface area contributed by atoms with Crippen LogP contribution in [-0.2, 0) is 11.3 Å². The quantitative estimate of drug-likeness (QED) is 0.661. The number of carboxylic acid groups (broad SMARTS) is 1. The Labute approximate surface area is 131 Å². The minimum atomic E-state index is -0.796. The summed E-state index contributed by atoms with van der Waals surface area (Å²) in [6, 6.07) is 4.12. The molecule has 1 fully saturated rings. The van der Waals surface area contributed by atoms with Crippen LogP contribution in [0.15, 0.2) is 22.7 Å². The summed E-state index contributed by atoms with van der Waals surface area (Å²) in [6.07, 6.45) is 3.60. The van der Waals surface area contributed by atoms with Crippen molar-refractivity contribution in [1.29, 1.82) is 0 Å². The minimum absolute atomic E-state index is 0.0243. The first-order chi connectivity index (χ1) is 9.99. The molecule has 1 unspecified atom stereocenters. The van der Waals surface area contributed by atoms with Gasteiger partial charge in [-0.25, -0.2) is 0 Å². The number of hydrogen-bond acceptors (Lipinski definition) is 4. The molecule has 0 aromatic heterocycles. The summed E-state index contributed by atoms with van der Waals surface area (Å²) >= 11 is 3.34. The van der Waals surface area contributed by atoms with Gasteiger partial charge in [-0.15, -0.1) is 0 Å². The summed E-state index contributed by atoms with van der Waals surface area (Å²) in [6.45, 7) is 1.22. The van der Waals surface area contributed by atoms with Gasteiger partial charge in [0.25, 0.3) is 5.69 Å². The Morgan fingerprint density at radius 1 is 1.43 bits per heavy atom. The van der Waals surface area contributed by atoms with E-state index in [1.807, 2.05) is 4.90 Å². The van der Waals surface area contributed by atoms with E-state index in [4.69, 9.17) is 0 Å². The van der Waals surface area contributed by atoms with E-state index in [0.717, 1.165) is 31.4 Å². The van der Waals surface area contributed by atoms with Crippen LogP contribution in [0.4, 0.5) is 5.69 Å². The molecular weight excluding hydrogens is 340 g/mol. The van der Waals surface area contributed by atoms with Crippen molar-refractivity contribution in [1.82, 2.24) is 4.90 Å². The molecule has 1 aromatic rings. The molecule has 1 N–H and O–H groups in total. The van der Waals surface area contributed by atoms with Gasteiger partial charge in [0.15, 0.2) is 0 Å². The van der Waals surface area contributed by atoms with Crippen LogP contribution in [0.1, 0.15) is 31.2 Å². The van der Waals surface area contributed by atoms with Gasteiger partial charge in [-0.1, -0.05) is 28.8 Å².